The Kier molecular flexibility index (Phi) is 7.67. The summed E-state index contributed by atoms with van der Waals surface area (Å²) in [5.74, 6) is -1.85. The van der Waals surface area contributed by atoms with Crippen molar-refractivity contribution in [3.8, 4) is 0 Å². The van der Waals surface area contributed by atoms with Gasteiger partial charge < -0.3 is 10.1 Å². The van der Waals surface area contributed by atoms with Crippen molar-refractivity contribution in [1.82, 2.24) is 10.0 Å². The van der Waals surface area contributed by atoms with E-state index >= 15 is 0 Å². The number of esters is 1. The first-order valence-electron chi connectivity index (χ1n) is 8.14. The summed E-state index contributed by atoms with van der Waals surface area (Å²) in [6.45, 7) is 0.877. The van der Waals surface area contributed by atoms with E-state index < -0.39 is 34.5 Å². The molecule has 0 saturated heterocycles. The fourth-order valence-electron chi connectivity index (χ4n) is 2.10. The third-order valence-corrected chi connectivity index (χ3v) is 5.46. The van der Waals surface area contributed by atoms with Gasteiger partial charge in [-0.1, -0.05) is 34.1 Å². The Balaban J connectivity index is 1.81. The van der Waals surface area contributed by atoms with E-state index in [1.54, 1.807) is 12.1 Å². The molecule has 2 aromatic rings. The Bertz CT molecular complexity index is 951. The van der Waals surface area contributed by atoms with Crippen LogP contribution in [0.3, 0.4) is 0 Å². The van der Waals surface area contributed by atoms with Crippen molar-refractivity contribution < 1.29 is 27.1 Å². The molecular weight excluding hydrogens is 455 g/mol. The Morgan fingerprint density at radius 3 is 2.50 bits per heavy atom. The monoisotopic (exact) mass is 472 g/mol. The molecule has 0 heterocycles. The topological polar surface area (TPSA) is 102 Å². The molecule has 28 heavy (non-hydrogen) atoms. The van der Waals surface area contributed by atoms with Crippen LogP contribution in [-0.2, 0) is 30.9 Å². The van der Waals surface area contributed by atoms with E-state index in [1.165, 1.54) is 43.3 Å². The fraction of sp³-hybridized carbons (Fsp3) is 0.222. The average molecular weight is 473 g/mol. The SMILES string of the molecule is CC(OC(=O)CNS(=O)(=O)c1cccc(Br)c1)C(=O)NCc1ccc(F)cc1. The maximum atomic E-state index is 12.8. The van der Waals surface area contributed by atoms with E-state index in [0.717, 1.165) is 0 Å². The summed E-state index contributed by atoms with van der Waals surface area (Å²) in [6, 6.07) is 11.5. The first kappa shape index (κ1) is 22.0. The van der Waals surface area contributed by atoms with Gasteiger partial charge in [-0.3, -0.25) is 9.59 Å². The predicted octanol–water partition coefficient (Wildman–Crippen LogP) is 2.11. The normalized spacial score (nSPS) is 12.2. The molecule has 0 saturated carbocycles. The number of sulfonamides is 1. The number of ether oxygens (including phenoxy) is 1. The smallest absolute Gasteiger partial charge is 0.321 e. The number of hydrogen-bond donors (Lipinski definition) is 2. The van der Waals surface area contributed by atoms with Crippen molar-refractivity contribution in [3.63, 3.8) is 0 Å². The number of carbonyl (C=O) groups is 2. The van der Waals surface area contributed by atoms with Crippen LogP contribution in [-0.4, -0.2) is 32.9 Å². The van der Waals surface area contributed by atoms with Crippen molar-refractivity contribution in [2.75, 3.05) is 6.54 Å². The van der Waals surface area contributed by atoms with Crippen LogP contribution in [0.25, 0.3) is 0 Å². The molecule has 1 amide bonds. The van der Waals surface area contributed by atoms with Crippen LogP contribution >= 0.6 is 15.9 Å². The molecule has 2 rings (SSSR count). The van der Waals surface area contributed by atoms with Gasteiger partial charge >= 0.3 is 5.97 Å². The van der Waals surface area contributed by atoms with Gasteiger partial charge in [-0.25, -0.2) is 12.8 Å². The Labute approximate surface area is 170 Å². The van der Waals surface area contributed by atoms with Gasteiger partial charge in [0.2, 0.25) is 10.0 Å². The van der Waals surface area contributed by atoms with Gasteiger partial charge in [0.1, 0.15) is 12.4 Å². The molecule has 0 radical (unpaired) electrons. The molecule has 0 aromatic heterocycles. The second-order valence-electron chi connectivity index (χ2n) is 5.76. The van der Waals surface area contributed by atoms with Crippen molar-refractivity contribution in [2.45, 2.75) is 24.5 Å². The molecule has 7 nitrogen and oxygen atoms in total. The Morgan fingerprint density at radius 1 is 1.18 bits per heavy atom. The largest absolute Gasteiger partial charge is 0.452 e. The lowest BCUT2D eigenvalue weighted by Crippen LogP contribution is -2.38. The minimum absolute atomic E-state index is 0.0141. The van der Waals surface area contributed by atoms with Gasteiger partial charge in [-0.2, -0.15) is 4.72 Å². The van der Waals surface area contributed by atoms with Gasteiger partial charge in [0, 0.05) is 11.0 Å². The zero-order chi connectivity index (χ0) is 20.7. The summed E-state index contributed by atoms with van der Waals surface area (Å²) in [5.41, 5.74) is 0.676. The molecular formula is C18H18BrFN2O5S. The maximum absolute atomic E-state index is 12.8. The number of nitrogens with one attached hydrogen (secondary N) is 2. The van der Waals surface area contributed by atoms with Crippen LogP contribution in [0, 0.1) is 5.82 Å². The molecule has 2 aromatic carbocycles. The van der Waals surface area contributed by atoms with Gasteiger partial charge in [-0.05, 0) is 42.8 Å². The maximum Gasteiger partial charge on any atom is 0.321 e. The molecule has 2 N–H and O–H groups in total. The molecule has 0 aliphatic carbocycles. The van der Waals surface area contributed by atoms with Gasteiger partial charge in [-0.15, -0.1) is 0 Å². The molecule has 0 fully saturated rings. The number of amides is 1. The summed E-state index contributed by atoms with van der Waals surface area (Å²) in [6.07, 6.45) is -1.12. The molecule has 1 atom stereocenters. The zero-order valence-corrected chi connectivity index (χ0v) is 17.2. The molecule has 0 aliphatic heterocycles. The first-order chi connectivity index (χ1) is 13.2. The van der Waals surface area contributed by atoms with Gasteiger partial charge in [0.15, 0.2) is 6.10 Å². The third kappa shape index (κ3) is 6.70. The number of rotatable bonds is 8. The van der Waals surface area contributed by atoms with Crippen molar-refractivity contribution >= 4 is 37.8 Å². The molecule has 10 heteroatoms. The number of halogens is 2. The third-order valence-electron chi connectivity index (χ3n) is 3.57. The standard InChI is InChI=1S/C18H18BrFN2O5S/c1-12(18(24)21-10-13-5-7-15(20)8-6-13)27-17(23)11-22-28(25,26)16-4-2-3-14(19)9-16/h2-9,12,22H,10-11H2,1H3,(H,21,24). The quantitative estimate of drug-likeness (QED) is 0.572. The van der Waals surface area contributed by atoms with Crippen LogP contribution in [0.15, 0.2) is 57.9 Å². The van der Waals surface area contributed by atoms with E-state index in [2.05, 4.69) is 26.0 Å². The van der Waals surface area contributed by atoms with Crippen molar-refractivity contribution in [2.24, 2.45) is 0 Å². The van der Waals surface area contributed by atoms with Crippen LogP contribution in [0.4, 0.5) is 4.39 Å². The lowest BCUT2D eigenvalue weighted by Gasteiger charge is -2.14. The Morgan fingerprint density at radius 2 is 1.86 bits per heavy atom. The van der Waals surface area contributed by atoms with Gasteiger partial charge in [0.05, 0.1) is 4.90 Å². The number of benzene rings is 2. The lowest BCUT2D eigenvalue weighted by atomic mass is 10.2. The molecule has 1 unspecified atom stereocenters. The summed E-state index contributed by atoms with van der Waals surface area (Å²) >= 11 is 3.17. The minimum Gasteiger partial charge on any atom is -0.452 e. The predicted molar refractivity (Wildman–Crippen MR) is 103 cm³/mol. The highest BCUT2D eigenvalue weighted by Gasteiger charge is 2.20. The summed E-state index contributed by atoms with van der Waals surface area (Å²) in [7, 11) is -3.90. The van der Waals surface area contributed by atoms with E-state index in [4.69, 9.17) is 4.74 Å². The van der Waals surface area contributed by atoms with Crippen molar-refractivity contribution in [1.29, 1.82) is 0 Å². The van der Waals surface area contributed by atoms with Crippen LogP contribution in [0.5, 0.6) is 0 Å². The molecule has 0 spiro atoms. The van der Waals surface area contributed by atoms with Crippen molar-refractivity contribution in [3.05, 3.63) is 64.4 Å². The highest BCUT2D eigenvalue weighted by atomic mass is 79.9. The fourth-order valence-corrected chi connectivity index (χ4v) is 3.66. The highest BCUT2D eigenvalue weighted by molar-refractivity contribution is 9.10. The van der Waals surface area contributed by atoms with E-state index in [9.17, 15) is 22.4 Å². The second kappa shape index (κ2) is 9.76. The van der Waals surface area contributed by atoms with E-state index in [-0.39, 0.29) is 17.3 Å². The minimum atomic E-state index is -3.90. The van der Waals surface area contributed by atoms with E-state index in [0.29, 0.717) is 10.0 Å². The van der Waals surface area contributed by atoms with E-state index in [1.807, 2.05) is 0 Å². The Hall–Kier alpha value is -2.30. The molecule has 150 valence electrons. The summed E-state index contributed by atoms with van der Waals surface area (Å²) in [4.78, 5) is 23.8. The highest BCUT2D eigenvalue weighted by Crippen LogP contribution is 2.15. The van der Waals surface area contributed by atoms with Gasteiger partial charge in [0.25, 0.3) is 5.91 Å². The summed E-state index contributed by atoms with van der Waals surface area (Å²) < 4.78 is 44.8. The van der Waals surface area contributed by atoms with Crippen LogP contribution in [0.1, 0.15) is 12.5 Å². The zero-order valence-electron chi connectivity index (χ0n) is 14.8. The van der Waals surface area contributed by atoms with Crippen LogP contribution in [0.2, 0.25) is 0 Å². The first-order valence-corrected chi connectivity index (χ1v) is 10.4. The molecule has 0 aliphatic rings. The molecule has 0 bridgehead atoms. The number of carbonyl (C=O) groups excluding carboxylic acids is 2. The van der Waals surface area contributed by atoms with Crippen LogP contribution < -0.4 is 10.0 Å². The number of hydrogen-bond acceptors (Lipinski definition) is 5. The lowest BCUT2D eigenvalue weighted by molar-refractivity contribution is -0.153. The second-order valence-corrected chi connectivity index (χ2v) is 8.44. The summed E-state index contributed by atoms with van der Waals surface area (Å²) in [5, 5.41) is 2.55. The average Bonchev–Trinajstić information content (AvgIpc) is 2.65.